The number of carbonyl (C=O) groups excluding carboxylic acids is 1. The van der Waals surface area contributed by atoms with E-state index in [-0.39, 0.29) is 18.1 Å². The minimum absolute atomic E-state index is 0.0624. The Bertz CT molecular complexity index is 427. The van der Waals surface area contributed by atoms with Crippen molar-refractivity contribution in [2.24, 2.45) is 0 Å². The lowest BCUT2D eigenvalue weighted by atomic mass is 9.84. The molecule has 2 bridgehead atoms. The molecule has 94 valence electrons. The molecule has 0 aliphatic carbocycles. The van der Waals surface area contributed by atoms with E-state index in [4.69, 9.17) is 19.1 Å². The van der Waals surface area contributed by atoms with Crippen molar-refractivity contribution in [1.29, 1.82) is 0 Å². The van der Waals surface area contributed by atoms with Gasteiger partial charge in [-0.1, -0.05) is 5.92 Å². The van der Waals surface area contributed by atoms with Gasteiger partial charge in [-0.15, -0.1) is 6.42 Å². The summed E-state index contributed by atoms with van der Waals surface area (Å²) in [5, 5.41) is 0. The number of carbonyl (C=O) groups is 1. The summed E-state index contributed by atoms with van der Waals surface area (Å²) in [7, 11) is 7.90. The van der Waals surface area contributed by atoms with Crippen LogP contribution < -0.4 is 0 Å². The molecule has 0 aromatic heterocycles. The van der Waals surface area contributed by atoms with E-state index in [0.717, 1.165) is 12.1 Å². The van der Waals surface area contributed by atoms with Gasteiger partial charge < -0.3 is 9.55 Å². The van der Waals surface area contributed by atoms with Gasteiger partial charge in [-0.3, -0.25) is 4.90 Å². The average Bonchev–Trinajstić information content (AvgIpc) is 2.31. The summed E-state index contributed by atoms with van der Waals surface area (Å²) in [6.45, 7) is 3.52. The first kappa shape index (κ1) is 13.2. The minimum Gasteiger partial charge on any atom is -0.463 e. The Morgan fingerprint density at radius 2 is 2.33 bits per heavy atom. The third kappa shape index (κ3) is 2.18. The lowest BCUT2D eigenvalue weighted by molar-refractivity contribution is -0.140. The van der Waals surface area contributed by atoms with Crippen LogP contribution in [0, 0.1) is 12.3 Å². The van der Waals surface area contributed by atoms with Crippen LogP contribution in [-0.2, 0) is 9.53 Å². The van der Waals surface area contributed by atoms with E-state index in [1.54, 1.807) is 11.7 Å². The van der Waals surface area contributed by atoms with Crippen molar-refractivity contribution in [1.82, 2.24) is 9.71 Å². The molecule has 0 aromatic carbocycles. The first-order valence-corrected chi connectivity index (χ1v) is 6.16. The van der Waals surface area contributed by atoms with E-state index < -0.39 is 0 Å². The van der Waals surface area contributed by atoms with Crippen molar-refractivity contribution >= 4 is 14.0 Å². The summed E-state index contributed by atoms with van der Waals surface area (Å²) in [6, 6.07) is 0.213. The highest BCUT2D eigenvalue weighted by atomic mass is 16.5. The number of piperazine rings is 1. The van der Waals surface area contributed by atoms with Gasteiger partial charge in [0.05, 0.1) is 18.2 Å². The number of likely N-dealkylation sites (N-methyl/N-ethyl adjacent to an activating group) is 1. The van der Waals surface area contributed by atoms with Gasteiger partial charge in [0.1, 0.15) is 0 Å². The molecular weight excluding hydrogens is 227 g/mol. The third-order valence-corrected chi connectivity index (χ3v) is 3.69. The Balaban J connectivity index is 2.37. The largest absolute Gasteiger partial charge is 0.463 e. The predicted octanol–water partition coefficient (Wildman–Crippen LogP) is -0.0489. The number of ether oxygens (including phenoxy) is 1. The number of rotatable bonds is 2. The van der Waals surface area contributed by atoms with E-state index in [1.807, 2.05) is 7.05 Å². The molecule has 18 heavy (non-hydrogen) atoms. The number of hydrogen-bond donors (Lipinski definition) is 0. The highest BCUT2D eigenvalue weighted by molar-refractivity contribution is 6.04. The zero-order valence-corrected chi connectivity index (χ0v) is 10.8. The molecule has 2 aliphatic heterocycles. The Hall–Kier alpha value is -1.25. The van der Waals surface area contributed by atoms with Gasteiger partial charge in [0.25, 0.3) is 0 Å². The SMILES string of the molecule is [B]N1CC2CC(C#C)=C(C(=O)OCC)C(C1)N2C. The van der Waals surface area contributed by atoms with Gasteiger partial charge in [0.15, 0.2) is 7.98 Å². The van der Waals surface area contributed by atoms with Gasteiger partial charge in [-0.05, 0) is 20.4 Å². The molecule has 4 nitrogen and oxygen atoms in total. The fourth-order valence-corrected chi connectivity index (χ4v) is 2.73. The molecule has 0 saturated carbocycles. The maximum atomic E-state index is 12.1. The lowest BCUT2D eigenvalue weighted by Crippen LogP contribution is -2.60. The summed E-state index contributed by atoms with van der Waals surface area (Å²) in [5.74, 6) is 2.34. The molecule has 1 fully saturated rings. The van der Waals surface area contributed by atoms with Crippen LogP contribution in [-0.4, -0.2) is 62.5 Å². The Kier molecular flexibility index (Phi) is 3.79. The molecule has 2 heterocycles. The second-order valence-electron chi connectivity index (χ2n) is 4.75. The van der Waals surface area contributed by atoms with Crippen LogP contribution in [0.5, 0.6) is 0 Å². The molecule has 0 N–H and O–H groups in total. The molecule has 2 radical (unpaired) electrons. The first-order chi connectivity index (χ1) is 8.58. The van der Waals surface area contributed by atoms with Gasteiger partial charge in [-0.2, -0.15) is 0 Å². The molecule has 2 atom stereocenters. The highest BCUT2D eigenvalue weighted by Crippen LogP contribution is 2.31. The molecular formula is C13H17BN2O2. The van der Waals surface area contributed by atoms with E-state index >= 15 is 0 Å². The fourth-order valence-electron chi connectivity index (χ4n) is 2.73. The van der Waals surface area contributed by atoms with Crippen molar-refractivity contribution < 1.29 is 9.53 Å². The van der Waals surface area contributed by atoms with Crippen LogP contribution in [0.15, 0.2) is 11.1 Å². The second-order valence-corrected chi connectivity index (χ2v) is 4.75. The highest BCUT2D eigenvalue weighted by Gasteiger charge is 2.41. The molecule has 0 amide bonds. The van der Waals surface area contributed by atoms with E-state index in [9.17, 15) is 4.79 Å². The van der Waals surface area contributed by atoms with Crippen molar-refractivity contribution in [2.45, 2.75) is 25.4 Å². The van der Waals surface area contributed by atoms with Crippen LogP contribution in [0.2, 0.25) is 0 Å². The van der Waals surface area contributed by atoms with E-state index in [0.29, 0.717) is 25.1 Å². The molecule has 2 unspecified atom stereocenters. The zero-order valence-electron chi connectivity index (χ0n) is 10.8. The molecule has 5 heteroatoms. The normalized spacial score (nSPS) is 28.9. The second kappa shape index (κ2) is 5.17. The Morgan fingerprint density at radius 1 is 1.61 bits per heavy atom. The summed E-state index contributed by atoms with van der Waals surface area (Å²) in [5.41, 5.74) is 1.38. The summed E-state index contributed by atoms with van der Waals surface area (Å²) < 4.78 is 5.11. The summed E-state index contributed by atoms with van der Waals surface area (Å²) in [6.07, 6.45) is 6.22. The first-order valence-electron chi connectivity index (χ1n) is 6.16. The standard InChI is InChI=1S/C13H17BN2O2/c1-4-9-6-10-7-16(14)8-11(15(10)3)12(9)13(17)18-5-2/h1,10-11H,5-8H2,2-3H3. The molecule has 2 rings (SSSR count). The predicted molar refractivity (Wildman–Crippen MR) is 69.8 cm³/mol. The maximum absolute atomic E-state index is 12.1. The minimum atomic E-state index is -0.309. The summed E-state index contributed by atoms with van der Waals surface area (Å²) in [4.78, 5) is 16.0. The quantitative estimate of drug-likeness (QED) is 0.387. The summed E-state index contributed by atoms with van der Waals surface area (Å²) >= 11 is 0. The maximum Gasteiger partial charge on any atom is 0.336 e. The van der Waals surface area contributed by atoms with Crippen molar-refractivity contribution in [3.05, 3.63) is 11.1 Å². The lowest BCUT2D eigenvalue weighted by Gasteiger charge is -2.48. The van der Waals surface area contributed by atoms with Gasteiger partial charge in [0, 0.05) is 24.7 Å². The molecule has 0 aromatic rings. The van der Waals surface area contributed by atoms with Crippen LogP contribution in [0.1, 0.15) is 13.3 Å². The molecule has 1 saturated heterocycles. The Morgan fingerprint density at radius 3 is 2.94 bits per heavy atom. The number of esters is 1. The van der Waals surface area contributed by atoms with Crippen LogP contribution >= 0.6 is 0 Å². The topological polar surface area (TPSA) is 32.8 Å². The zero-order chi connectivity index (χ0) is 13.3. The third-order valence-electron chi connectivity index (χ3n) is 3.69. The Labute approximate surface area is 109 Å². The van der Waals surface area contributed by atoms with Crippen molar-refractivity contribution in [3.63, 3.8) is 0 Å². The number of fused-ring (bicyclic) bond motifs is 2. The van der Waals surface area contributed by atoms with Crippen LogP contribution in [0.4, 0.5) is 0 Å². The van der Waals surface area contributed by atoms with Crippen molar-refractivity contribution in [2.75, 3.05) is 26.7 Å². The smallest absolute Gasteiger partial charge is 0.336 e. The van der Waals surface area contributed by atoms with Gasteiger partial charge in [-0.25, -0.2) is 4.79 Å². The van der Waals surface area contributed by atoms with Crippen molar-refractivity contribution in [3.8, 4) is 12.3 Å². The van der Waals surface area contributed by atoms with E-state index in [2.05, 4.69) is 10.8 Å². The van der Waals surface area contributed by atoms with Gasteiger partial charge in [0.2, 0.25) is 0 Å². The number of hydrogen-bond acceptors (Lipinski definition) is 4. The number of terminal acetylenes is 1. The number of nitrogens with zero attached hydrogens (tertiary/aromatic N) is 2. The van der Waals surface area contributed by atoms with Crippen LogP contribution in [0.25, 0.3) is 0 Å². The molecule has 0 spiro atoms. The van der Waals surface area contributed by atoms with E-state index in [1.165, 1.54) is 0 Å². The van der Waals surface area contributed by atoms with Crippen LogP contribution in [0.3, 0.4) is 0 Å². The fraction of sp³-hybridized carbons (Fsp3) is 0.615. The van der Waals surface area contributed by atoms with Gasteiger partial charge >= 0.3 is 5.97 Å². The monoisotopic (exact) mass is 244 g/mol. The average molecular weight is 244 g/mol. The molecule has 2 aliphatic rings.